The molecular formula is C24H38. The molecule has 0 nitrogen and oxygen atoms in total. The van der Waals surface area contributed by atoms with Gasteiger partial charge in [-0.1, -0.05) is 102 Å². The van der Waals surface area contributed by atoms with E-state index in [0.29, 0.717) is 0 Å². The van der Waals surface area contributed by atoms with Crippen molar-refractivity contribution in [3.63, 3.8) is 0 Å². The molecule has 0 heteroatoms. The zero-order valence-corrected chi connectivity index (χ0v) is 16.2. The molecule has 0 N–H and O–H groups in total. The lowest BCUT2D eigenvalue weighted by atomic mass is 9.75. The summed E-state index contributed by atoms with van der Waals surface area (Å²) in [7, 11) is 0. The third-order valence-electron chi connectivity index (χ3n) is 6.06. The summed E-state index contributed by atoms with van der Waals surface area (Å²) in [5, 5.41) is 0. The van der Waals surface area contributed by atoms with Crippen LogP contribution in [0.5, 0.6) is 0 Å². The molecule has 1 aromatic rings. The first-order chi connectivity index (χ1) is 11.8. The first kappa shape index (κ1) is 19.3. The van der Waals surface area contributed by atoms with Gasteiger partial charge in [0.1, 0.15) is 0 Å². The summed E-state index contributed by atoms with van der Waals surface area (Å²) >= 11 is 0. The first-order valence-corrected chi connectivity index (χ1v) is 10.5. The van der Waals surface area contributed by atoms with Crippen molar-refractivity contribution < 1.29 is 0 Å². The lowest BCUT2D eigenvalue weighted by Gasteiger charge is -2.30. The quantitative estimate of drug-likeness (QED) is 0.384. The van der Waals surface area contributed by atoms with Gasteiger partial charge in [-0.15, -0.1) is 0 Å². The monoisotopic (exact) mass is 326 g/mol. The van der Waals surface area contributed by atoms with Crippen LogP contribution in [0.3, 0.4) is 0 Å². The third kappa shape index (κ3) is 5.80. The van der Waals surface area contributed by atoms with Crippen molar-refractivity contribution >= 4 is 5.57 Å². The number of hydrogen-bond acceptors (Lipinski definition) is 0. The van der Waals surface area contributed by atoms with Crippen LogP contribution in [-0.4, -0.2) is 0 Å². The summed E-state index contributed by atoms with van der Waals surface area (Å²) < 4.78 is 0. The highest BCUT2D eigenvalue weighted by Crippen LogP contribution is 2.35. The van der Waals surface area contributed by atoms with Crippen LogP contribution >= 0.6 is 0 Å². The molecule has 1 aromatic carbocycles. The molecule has 0 aliphatic heterocycles. The average Bonchev–Trinajstić information content (AvgIpc) is 2.62. The Morgan fingerprint density at radius 1 is 1.00 bits per heavy atom. The van der Waals surface area contributed by atoms with E-state index in [9.17, 15) is 0 Å². The van der Waals surface area contributed by atoms with Crippen molar-refractivity contribution in [2.45, 2.75) is 90.9 Å². The minimum absolute atomic E-state index is 1.02. The minimum Gasteiger partial charge on any atom is -0.0952 e. The largest absolute Gasteiger partial charge is 0.0952 e. The van der Waals surface area contributed by atoms with E-state index in [1.54, 1.807) is 0 Å². The smallest absolute Gasteiger partial charge is 0.0198 e. The number of rotatable bonds is 10. The molecule has 0 heterocycles. The van der Waals surface area contributed by atoms with Crippen molar-refractivity contribution in [1.82, 2.24) is 0 Å². The van der Waals surface area contributed by atoms with E-state index in [2.05, 4.69) is 44.7 Å². The van der Waals surface area contributed by atoms with E-state index in [-0.39, 0.29) is 0 Å². The summed E-state index contributed by atoms with van der Waals surface area (Å²) in [6.45, 7) is 9.03. The lowest BCUT2D eigenvalue weighted by Crippen LogP contribution is -2.18. The second-order valence-corrected chi connectivity index (χ2v) is 7.82. The molecular weight excluding hydrogens is 288 g/mol. The van der Waals surface area contributed by atoms with Crippen LogP contribution in [0.4, 0.5) is 0 Å². The lowest BCUT2D eigenvalue weighted by molar-refractivity contribution is 0.213. The molecule has 1 saturated carbocycles. The molecule has 134 valence electrons. The predicted molar refractivity (Wildman–Crippen MR) is 108 cm³/mol. The van der Waals surface area contributed by atoms with Gasteiger partial charge < -0.3 is 0 Å². The summed E-state index contributed by atoms with van der Waals surface area (Å²) in [4.78, 5) is 0. The second kappa shape index (κ2) is 10.7. The molecule has 1 aliphatic rings. The van der Waals surface area contributed by atoms with Gasteiger partial charge in [-0.25, -0.2) is 0 Å². The molecule has 0 amide bonds. The van der Waals surface area contributed by atoms with Gasteiger partial charge in [0.25, 0.3) is 0 Å². The summed E-state index contributed by atoms with van der Waals surface area (Å²) in [6, 6.07) is 8.86. The Hall–Kier alpha value is -1.04. The van der Waals surface area contributed by atoms with Crippen molar-refractivity contribution in [2.75, 3.05) is 0 Å². The molecule has 2 atom stereocenters. The van der Waals surface area contributed by atoms with Gasteiger partial charge in [-0.3, -0.25) is 0 Å². The van der Waals surface area contributed by atoms with E-state index in [4.69, 9.17) is 0 Å². The number of unbranched alkanes of at least 4 members (excludes halogenated alkanes) is 2. The fourth-order valence-electron chi connectivity index (χ4n) is 4.61. The van der Waals surface area contributed by atoms with Crippen LogP contribution in [0.1, 0.15) is 95.6 Å². The molecule has 0 saturated heterocycles. The Balaban J connectivity index is 1.69. The molecule has 0 aromatic heterocycles. The highest BCUT2D eigenvalue weighted by molar-refractivity contribution is 5.66. The summed E-state index contributed by atoms with van der Waals surface area (Å²) in [5.41, 5.74) is 4.25. The molecule has 0 bridgehead atoms. The molecule has 1 fully saturated rings. The number of benzene rings is 1. The molecule has 0 spiro atoms. The minimum atomic E-state index is 1.02. The van der Waals surface area contributed by atoms with E-state index in [1.165, 1.54) is 93.7 Å². The average molecular weight is 327 g/mol. The van der Waals surface area contributed by atoms with Gasteiger partial charge in [0.05, 0.1) is 0 Å². The maximum absolute atomic E-state index is 4.38. The van der Waals surface area contributed by atoms with E-state index in [0.717, 1.165) is 11.8 Å². The highest BCUT2D eigenvalue weighted by Gasteiger charge is 2.22. The predicted octanol–water partition coefficient (Wildman–Crippen LogP) is 7.82. The highest BCUT2D eigenvalue weighted by atomic mass is 14.3. The zero-order chi connectivity index (χ0) is 17.2. The van der Waals surface area contributed by atoms with Gasteiger partial charge in [0.2, 0.25) is 0 Å². The first-order valence-electron chi connectivity index (χ1n) is 10.5. The van der Waals surface area contributed by atoms with Gasteiger partial charge >= 0.3 is 0 Å². The van der Waals surface area contributed by atoms with Crippen molar-refractivity contribution in [1.29, 1.82) is 0 Å². The topological polar surface area (TPSA) is 0 Å². The van der Waals surface area contributed by atoms with Gasteiger partial charge in [0, 0.05) is 0 Å². The fourth-order valence-corrected chi connectivity index (χ4v) is 4.61. The van der Waals surface area contributed by atoms with Gasteiger partial charge in [-0.2, -0.15) is 0 Å². The van der Waals surface area contributed by atoms with Crippen LogP contribution < -0.4 is 0 Å². The maximum atomic E-state index is 4.38. The van der Waals surface area contributed by atoms with Gasteiger partial charge in [-0.05, 0) is 47.8 Å². The number of allylic oxidation sites excluding steroid dienone is 1. The van der Waals surface area contributed by atoms with Crippen molar-refractivity contribution in [3.8, 4) is 0 Å². The molecule has 0 radical (unpaired) electrons. The van der Waals surface area contributed by atoms with Gasteiger partial charge in [0.15, 0.2) is 0 Å². The van der Waals surface area contributed by atoms with Crippen molar-refractivity contribution in [3.05, 3.63) is 42.0 Å². The normalized spacial score (nSPS) is 20.9. The van der Waals surface area contributed by atoms with Crippen LogP contribution in [0.25, 0.3) is 5.57 Å². The Morgan fingerprint density at radius 2 is 1.75 bits per heavy atom. The fraction of sp³-hybridized carbons (Fsp3) is 0.667. The Bertz CT molecular complexity index is 485. The third-order valence-corrected chi connectivity index (χ3v) is 6.06. The zero-order valence-electron chi connectivity index (χ0n) is 16.2. The van der Waals surface area contributed by atoms with Crippen LogP contribution in [0.15, 0.2) is 30.8 Å². The van der Waals surface area contributed by atoms with Crippen LogP contribution in [0.2, 0.25) is 0 Å². The van der Waals surface area contributed by atoms with E-state index in [1.807, 2.05) is 0 Å². The molecule has 1 aliphatic carbocycles. The Morgan fingerprint density at radius 3 is 2.50 bits per heavy atom. The molecule has 2 unspecified atom stereocenters. The summed E-state index contributed by atoms with van der Waals surface area (Å²) in [6.07, 6.45) is 16.5. The van der Waals surface area contributed by atoms with Crippen LogP contribution in [0, 0.1) is 11.8 Å². The number of hydrogen-bond donors (Lipinski definition) is 0. The Kier molecular flexibility index (Phi) is 8.64. The maximum Gasteiger partial charge on any atom is -0.0198 e. The summed E-state index contributed by atoms with van der Waals surface area (Å²) in [5.74, 6) is 2.05. The Labute approximate surface area is 150 Å². The van der Waals surface area contributed by atoms with Crippen molar-refractivity contribution in [2.24, 2.45) is 11.8 Å². The SMILES string of the molecule is C=C(CCCCCC1CCCCC1CC)c1ccccc1CCC. The number of aryl methyl sites for hydroxylation is 1. The molecule has 2 rings (SSSR count). The van der Waals surface area contributed by atoms with E-state index >= 15 is 0 Å². The second-order valence-electron chi connectivity index (χ2n) is 7.82. The van der Waals surface area contributed by atoms with Crippen LogP contribution in [-0.2, 0) is 6.42 Å². The molecule has 24 heavy (non-hydrogen) atoms. The van der Waals surface area contributed by atoms with E-state index < -0.39 is 0 Å². The standard InChI is InChI=1S/C24H38/c1-4-13-23-18-11-12-19-24(23)20(3)14-7-6-8-16-22-17-10-9-15-21(22)5-2/h11-12,18-19,21-22H,3-10,13-17H2,1-2H3.